The van der Waals surface area contributed by atoms with Gasteiger partial charge in [0.05, 0.1) is 45.2 Å². The van der Waals surface area contributed by atoms with E-state index in [4.69, 9.17) is 43.0 Å². The van der Waals surface area contributed by atoms with Gasteiger partial charge in [-0.15, -0.1) is 0 Å². The van der Waals surface area contributed by atoms with Crippen molar-refractivity contribution < 1.29 is 111 Å². The second-order valence-corrected chi connectivity index (χ2v) is 13.3. The highest BCUT2D eigenvalue weighted by Crippen LogP contribution is 2.33. The van der Waals surface area contributed by atoms with Crippen molar-refractivity contribution >= 4 is 37.2 Å². The summed E-state index contributed by atoms with van der Waals surface area (Å²) in [5.41, 5.74) is 0. The Kier molecular flexibility index (Phi) is 15.9. The van der Waals surface area contributed by atoms with Gasteiger partial charge in [-0.3, -0.25) is 13.7 Å². The van der Waals surface area contributed by atoms with Crippen molar-refractivity contribution in [3.05, 3.63) is 11.8 Å². The molecular weight excluding hydrogens is 732 g/mol. The zero-order chi connectivity index (χ0) is 36.6. The van der Waals surface area contributed by atoms with Crippen molar-refractivity contribution in [2.24, 2.45) is 11.8 Å². The van der Waals surface area contributed by atoms with Gasteiger partial charge in [-0.25, -0.2) is 17.3 Å². The van der Waals surface area contributed by atoms with Crippen LogP contribution < -0.4 is 0 Å². The Hall–Kier alpha value is -1.74. The zero-order valence-corrected chi connectivity index (χ0v) is 27.0. The van der Waals surface area contributed by atoms with Gasteiger partial charge in [0.15, 0.2) is 6.29 Å². The van der Waals surface area contributed by atoms with Gasteiger partial charge in [0.1, 0.15) is 37.1 Å². The zero-order valence-electron chi connectivity index (χ0n) is 24.5. The highest BCUT2D eigenvalue weighted by atomic mass is 32.3. The minimum atomic E-state index is -5.35. The van der Waals surface area contributed by atoms with Crippen LogP contribution in [0, 0.1) is 11.8 Å². The van der Waals surface area contributed by atoms with Gasteiger partial charge in [0.2, 0.25) is 12.0 Å². The molecule has 0 aromatic heterocycles. The molecule has 7 unspecified atom stereocenters. The maximum absolute atomic E-state index is 11.4. The highest BCUT2D eigenvalue weighted by Gasteiger charge is 2.50. The maximum Gasteiger partial charge on any atom is 0.397 e. The molecule has 9 N–H and O–H groups in total. The number of hydrogen-bond acceptors (Lipinski definition) is 20. The molecule has 11 atom stereocenters. The fraction of sp³-hybridized carbons (Fsp3) is 0.857. The Morgan fingerprint density at radius 2 is 1.40 bits per heavy atom. The summed E-state index contributed by atoms with van der Waals surface area (Å²) < 4.78 is 134. The molecule has 2 aliphatic heterocycles. The van der Waals surface area contributed by atoms with E-state index < -0.39 is 150 Å². The molecule has 0 radical (unpaired) electrons. The second-order valence-electron chi connectivity index (χ2n) is 10.1. The Morgan fingerprint density at radius 1 is 0.792 bits per heavy atom. The van der Waals surface area contributed by atoms with Crippen molar-refractivity contribution in [2.75, 3.05) is 39.6 Å². The predicted molar refractivity (Wildman–Crippen MR) is 146 cm³/mol. The molecule has 0 aliphatic carbocycles. The van der Waals surface area contributed by atoms with E-state index in [1.54, 1.807) is 0 Å². The lowest BCUT2D eigenvalue weighted by molar-refractivity contribution is -0.279. The van der Waals surface area contributed by atoms with E-state index in [1.165, 1.54) is 0 Å². The number of carbonyl (C=O) groups is 1. The van der Waals surface area contributed by atoms with Gasteiger partial charge in [0.25, 0.3) is 0 Å². The van der Waals surface area contributed by atoms with Crippen molar-refractivity contribution in [1.82, 2.24) is 0 Å². The van der Waals surface area contributed by atoms with Crippen LogP contribution in [0.25, 0.3) is 0 Å². The molecule has 0 aromatic carbocycles. The molecule has 24 nitrogen and oxygen atoms in total. The fourth-order valence-electron chi connectivity index (χ4n) is 4.68. The normalized spacial score (nSPS) is 32.9. The third-order valence-corrected chi connectivity index (χ3v) is 8.12. The van der Waals surface area contributed by atoms with E-state index in [0.717, 1.165) is 13.0 Å². The van der Waals surface area contributed by atoms with Gasteiger partial charge in [-0.05, 0) is 13.0 Å². The number of ether oxygens (including phenoxy) is 5. The lowest BCUT2D eigenvalue weighted by Crippen LogP contribution is -2.60. The minimum absolute atomic E-state index is 0.679. The molecule has 282 valence electrons. The largest absolute Gasteiger partial charge is 0.475 e. The van der Waals surface area contributed by atoms with Crippen LogP contribution in [0.5, 0.6) is 0 Å². The van der Waals surface area contributed by atoms with Crippen LogP contribution in [0.2, 0.25) is 0 Å². The molecule has 48 heavy (non-hydrogen) atoms. The Morgan fingerprint density at radius 3 is 1.92 bits per heavy atom. The molecule has 2 aliphatic rings. The minimum Gasteiger partial charge on any atom is -0.475 e. The smallest absolute Gasteiger partial charge is 0.397 e. The van der Waals surface area contributed by atoms with E-state index in [2.05, 4.69) is 12.5 Å². The summed E-state index contributed by atoms with van der Waals surface area (Å²) in [5, 5.41) is 59.9. The molecule has 0 amide bonds. The molecule has 0 aromatic rings. The van der Waals surface area contributed by atoms with E-state index in [9.17, 15) is 55.0 Å². The van der Waals surface area contributed by atoms with Crippen molar-refractivity contribution in [2.45, 2.75) is 62.2 Å². The van der Waals surface area contributed by atoms with Gasteiger partial charge >= 0.3 is 37.2 Å². The van der Waals surface area contributed by atoms with E-state index >= 15 is 0 Å². The first-order valence-corrected chi connectivity index (χ1v) is 17.5. The van der Waals surface area contributed by atoms with Gasteiger partial charge in [0, 0.05) is 11.8 Å². The van der Waals surface area contributed by atoms with E-state index in [-0.39, 0.29) is 0 Å². The number of rotatable bonds is 19. The predicted octanol–water partition coefficient (Wildman–Crippen LogP) is -5.03. The summed E-state index contributed by atoms with van der Waals surface area (Å²) in [4.78, 5) is 11.3. The van der Waals surface area contributed by atoms with Crippen molar-refractivity contribution in [3.8, 4) is 0 Å². The van der Waals surface area contributed by atoms with Crippen LogP contribution in [0.4, 0.5) is 0 Å². The van der Waals surface area contributed by atoms with Crippen LogP contribution in [-0.2, 0) is 72.2 Å². The van der Waals surface area contributed by atoms with E-state index in [1.807, 2.05) is 0 Å². The average molecular weight is 769 g/mol. The average Bonchev–Trinajstić information content (AvgIpc) is 2.94. The first-order chi connectivity index (χ1) is 22.1. The number of carboxylic acid groups (broad SMARTS) is 1. The number of aliphatic hydroxyl groups excluding tert-OH is 5. The molecule has 2 saturated heterocycles. The number of carboxylic acids is 1. The standard InChI is InChI=1S/C21H36O24S3/c1-9-18(44-47(32,33)34)17(25)19(45-48(35,36)37)14(41-9)7-38-5-10-11(6-39-15(4-23)42-12(2-3-22)20(26)27)21(28)43-13(16(10)24)8-40-46(29,30)31/h2,9-11,13-19,21-25,28H,3-8H2,1H3,(H,26,27)(H,29,30,31)(H,32,33,34)(H,35,36,37)/b12-2-/t9?,10?,11?,13?,14-,15+,16-,17?,18+,19?,21?/m0/s1. The third-order valence-electron chi connectivity index (χ3n) is 6.75. The lowest BCUT2D eigenvalue weighted by atomic mass is 9.83. The van der Waals surface area contributed by atoms with Gasteiger partial charge in [-0.1, -0.05) is 0 Å². The highest BCUT2D eigenvalue weighted by molar-refractivity contribution is 7.81. The summed E-state index contributed by atoms with van der Waals surface area (Å²) in [6, 6.07) is 0. The quantitative estimate of drug-likeness (QED) is 0.0257. The molecule has 27 heteroatoms. The first-order valence-electron chi connectivity index (χ1n) is 13.4. The molecule has 2 rings (SSSR count). The van der Waals surface area contributed by atoms with Crippen molar-refractivity contribution in [3.63, 3.8) is 0 Å². The Labute approximate surface area is 273 Å². The molecule has 0 bridgehead atoms. The second kappa shape index (κ2) is 18.0. The Balaban J connectivity index is 2.28. The SMILES string of the molecule is CC1O[C@@H](COCC2C(CO[C@@H](CO)O/C(=C\CO)C(=O)O)C(O)OC(COS(=O)(=O)O)[C@H]2O)C(OS(=O)(=O)O)C(O)[C@@H]1OS(=O)(=O)O. The number of hydrogen-bond donors (Lipinski definition) is 9. The molecule has 0 spiro atoms. The van der Waals surface area contributed by atoms with Gasteiger partial charge < -0.3 is 54.3 Å². The van der Waals surface area contributed by atoms with Crippen LogP contribution in [0.1, 0.15) is 6.92 Å². The van der Waals surface area contributed by atoms with Crippen LogP contribution in [0.3, 0.4) is 0 Å². The lowest BCUT2D eigenvalue weighted by Gasteiger charge is -2.44. The molecule has 0 saturated carbocycles. The van der Waals surface area contributed by atoms with Gasteiger partial charge in [-0.2, -0.15) is 25.3 Å². The fourth-order valence-corrected chi connectivity index (χ4v) is 6.05. The molecular formula is C21H36O24S3. The summed E-state index contributed by atoms with van der Waals surface area (Å²) in [7, 11) is -15.6. The first kappa shape index (κ1) is 42.4. The third kappa shape index (κ3) is 13.5. The molecule has 2 heterocycles. The molecule has 2 fully saturated rings. The monoisotopic (exact) mass is 768 g/mol. The number of aliphatic hydroxyl groups is 5. The van der Waals surface area contributed by atoms with Crippen LogP contribution >= 0.6 is 0 Å². The summed E-state index contributed by atoms with van der Waals surface area (Å²) in [6.45, 7) is -3.77. The summed E-state index contributed by atoms with van der Waals surface area (Å²) >= 11 is 0. The van der Waals surface area contributed by atoms with Crippen molar-refractivity contribution in [1.29, 1.82) is 0 Å². The van der Waals surface area contributed by atoms with E-state index in [0.29, 0.717) is 0 Å². The summed E-state index contributed by atoms with van der Waals surface area (Å²) in [6.07, 6.45) is -15.7. The maximum atomic E-state index is 11.4. The van der Waals surface area contributed by atoms with Crippen LogP contribution in [0.15, 0.2) is 11.8 Å². The number of aliphatic carboxylic acids is 1. The Bertz CT molecular complexity index is 1400. The van der Waals surface area contributed by atoms with Crippen LogP contribution in [-0.4, -0.2) is 170 Å². The summed E-state index contributed by atoms with van der Waals surface area (Å²) in [5.74, 6) is -5.21. The topological polar surface area (TPSA) is 375 Å².